The first kappa shape index (κ1) is 12.7. The van der Waals surface area contributed by atoms with E-state index < -0.39 is 11.9 Å². The Morgan fingerprint density at radius 3 is 2.61 bits per heavy atom. The molecule has 2 rings (SSSR count). The molecule has 0 amide bonds. The largest absolute Gasteiger partial charge is 0.492 e. The molecule has 4 nitrogen and oxygen atoms in total. The highest BCUT2D eigenvalue weighted by molar-refractivity contribution is 9.10. The Kier molecular flexibility index (Phi) is 4.04. The van der Waals surface area contributed by atoms with E-state index in [1.807, 2.05) is 12.1 Å². The zero-order valence-electron chi connectivity index (χ0n) is 9.38. The van der Waals surface area contributed by atoms with Gasteiger partial charge in [0.1, 0.15) is 24.0 Å². The van der Waals surface area contributed by atoms with Crippen LogP contribution in [0.1, 0.15) is 11.7 Å². The first-order valence-electron chi connectivity index (χ1n) is 5.31. The van der Waals surface area contributed by atoms with Crippen LogP contribution in [0.4, 0.5) is 0 Å². The molecule has 0 aliphatic rings. The molecule has 0 aliphatic heterocycles. The molecule has 2 aromatic rings. The summed E-state index contributed by atoms with van der Waals surface area (Å²) in [6, 6.07) is 10.5. The molecule has 18 heavy (non-hydrogen) atoms. The van der Waals surface area contributed by atoms with Crippen molar-refractivity contribution in [3.05, 3.63) is 52.9 Å². The Balaban J connectivity index is 2.02. The van der Waals surface area contributed by atoms with Crippen molar-refractivity contribution in [3.63, 3.8) is 0 Å². The van der Waals surface area contributed by atoms with Crippen LogP contribution in [0.2, 0.25) is 0 Å². The van der Waals surface area contributed by atoms with Gasteiger partial charge in [-0.3, -0.25) is 4.79 Å². The fourth-order valence-electron chi connectivity index (χ4n) is 1.48. The normalized spacial score (nSPS) is 12.1. The van der Waals surface area contributed by atoms with Crippen LogP contribution in [-0.2, 0) is 4.79 Å². The van der Waals surface area contributed by atoms with Gasteiger partial charge < -0.3 is 14.3 Å². The molecule has 0 fully saturated rings. The van der Waals surface area contributed by atoms with Crippen molar-refractivity contribution >= 4 is 21.9 Å². The lowest BCUT2D eigenvalue weighted by Gasteiger charge is -2.11. The zero-order chi connectivity index (χ0) is 13.0. The lowest BCUT2D eigenvalue weighted by molar-refractivity contribution is -0.140. The maximum Gasteiger partial charge on any atom is 0.317 e. The van der Waals surface area contributed by atoms with Gasteiger partial charge in [0.2, 0.25) is 0 Å². The number of hydrogen-bond acceptors (Lipinski definition) is 3. The van der Waals surface area contributed by atoms with Gasteiger partial charge >= 0.3 is 5.97 Å². The number of aliphatic carboxylic acids is 1. The van der Waals surface area contributed by atoms with Gasteiger partial charge in [0, 0.05) is 4.47 Å². The monoisotopic (exact) mass is 310 g/mol. The number of rotatable bonds is 5. The standard InChI is InChI=1S/C13H11BrO4/c14-9-3-5-10(6-4-9)18-8-11(13(15)16)12-2-1-7-17-12/h1-7,11H,8H2,(H,15,16). The lowest BCUT2D eigenvalue weighted by Crippen LogP contribution is -2.18. The summed E-state index contributed by atoms with van der Waals surface area (Å²) in [6.07, 6.45) is 1.45. The Labute approximate surface area is 112 Å². The van der Waals surface area contributed by atoms with E-state index in [9.17, 15) is 4.79 Å². The van der Waals surface area contributed by atoms with E-state index in [-0.39, 0.29) is 6.61 Å². The quantitative estimate of drug-likeness (QED) is 0.920. The minimum Gasteiger partial charge on any atom is -0.492 e. The molecule has 0 spiro atoms. The van der Waals surface area contributed by atoms with E-state index in [1.54, 1.807) is 24.3 Å². The maximum atomic E-state index is 11.1. The molecule has 1 unspecified atom stereocenters. The van der Waals surface area contributed by atoms with Crippen LogP contribution in [0.5, 0.6) is 5.75 Å². The fourth-order valence-corrected chi connectivity index (χ4v) is 1.74. The molecule has 0 saturated heterocycles. The summed E-state index contributed by atoms with van der Waals surface area (Å²) < 4.78 is 11.5. The van der Waals surface area contributed by atoms with Gasteiger partial charge in [0.05, 0.1) is 6.26 Å². The molecule has 1 aromatic heterocycles. The molecule has 1 N–H and O–H groups in total. The van der Waals surface area contributed by atoms with Gasteiger partial charge in [-0.25, -0.2) is 0 Å². The smallest absolute Gasteiger partial charge is 0.317 e. The van der Waals surface area contributed by atoms with E-state index in [2.05, 4.69) is 15.9 Å². The predicted molar refractivity (Wildman–Crippen MR) is 68.7 cm³/mol. The summed E-state index contributed by atoms with van der Waals surface area (Å²) in [5.41, 5.74) is 0. The Morgan fingerprint density at radius 1 is 1.33 bits per heavy atom. The van der Waals surface area contributed by atoms with E-state index in [1.165, 1.54) is 6.26 Å². The summed E-state index contributed by atoms with van der Waals surface area (Å²) in [5.74, 6) is -0.763. The van der Waals surface area contributed by atoms with Crippen molar-refractivity contribution in [2.45, 2.75) is 5.92 Å². The second kappa shape index (κ2) is 5.73. The van der Waals surface area contributed by atoms with Crippen LogP contribution in [0.25, 0.3) is 0 Å². The number of hydrogen-bond donors (Lipinski definition) is 1. The molecular weight excluding hydrogens is 300 g/mol. The number of carboxylic acid groups (broad SMARTS) is 1. The number of carboxylic acids is 1. The first-order chi connectivity index (χ1) is 8.66. The van der Waals surface area contributed by atoms with E-state index >= 15 is 0 Å². The Hall–Kier alpha value is -1.75. The Morgan fingerprint density at radius 2 is 2.06 bits per heavy atom. The number of carbonyl (C=O) groups is 1. The Bertz CT molecular complexity index is 504. The first-order valence-corrected chi connectivity index (χ1v) is 6.10. The number of furan rings is 1. The van der Waals surface area contributed by atoms with Crippen molar-refractivity contribution in [2.24, 2.45) is 0 Å². The second-order valence-corrected chi connectivity index (χ2v) is 4.59. The number of halogens is 1. The molecule has 94 valence electrons. The molecular formula is C13H11BrO4. The average molecular weight is 311 g/mol. The average Bonchev–Trinajstić information content (AvgIpc) is 2.85. The molecule has 1 atom stereocenters. The molecule has 1 heterocycles. The SMILES string of the molecule is O=C(O)C(COc1ccc(Br)cc1)c1ccco1. The van der Waals surface area contributed by atoms with Crippen LogP contribution in [-0.4, -0.2) is 17.7 Å². The lowest BCUT2D eigenvalue weighted by atomic mass is 10.1. The minimum atomic E-state index is -0.970. The summed E-state index contributed by atoms with van der Waals surface area (Å²) in [7, 11) is 0. The van der Waals surface area contributed by atoms with Crippen molar-refractivity contribution in [2.75, 3.05) is 6.61 Å². The van der Waals surface area contributed by atoms with E-state index in [4.69, 9.17) is 14.3 Å². The molecule has 0 radical (unpaired) electrons. The van der Waals surface area contributed by atoms with Gasteiger partial charge in [-0.05, 0) is 36.4 Å². The summed E-state index contributed by atoms with van der Waals surface area (Å²) >= 11 is 3.32. The number of ether oxygens (including phenoxy) is 1. The van der Waals surface area contributed by atoms with Gasteiger partial charge in [0.25, 0.3) is 0 Å². The van der Waals surface area contributed by atoms with E-state index in [0.29, 0.717) is 11.5 Å². The predicted octanol–water partition coefficient (Wildman–Crippen LogP) is 3.29. The van der Waals surface area contributed by atoms with Gasteiger partial charge in [-0.15, -0.1) is 0 Å². The third kappa shape index (κ3) is 3.13. The third-order valence-electron chi connectivity index (χ3n) is 2.42. The van der Waals surface area contributed by atoms with Crippen molar-refractivity contribution in [1.29, 1.82) is 0 Å². The van der Waals surface area contributed by atoms with Gasteiger partial charge in [-0.1, -0.05) is 15.9 Å². The van der Waals surface area contributed by atoms with Crippen LogP contribution in [0.3, 0.4) is 0 Å². The van der Waals surface area contributed by atoms with Crippen molar-refractivity contribution in [1.82, 2.24) is 0 Å². The van der Waals surface area contributed by atoms with Crippen molar-refractivity contribution in [3.8, 4) is 5.75 Å². The second-order valence-electron chi connectivity index (χ2n) is 3.67. The van der Waals surface area contributed by atoms with Crippen LogP contribution >= 0.6 is 15.9 Å². The summed E-state index contributed by atoms with van der Waals surface area (Å²) in [4.78, 5) is 11.1. The number of benzene rings is 1. The molecule has 0 saturated carbocycles. The van der Waals surface area contributed by atoms with Gasteiger partial charge in [-0.2, -0.15) is 0 Å². The molecule has 1 aromatic carbocycles. The maximum absolute atomic E-state index is 11.1. The molecule has 0 aliphatic carbocycles. The topological polar surface area (TPSA) is 59.7 Å². The van der Waals surface area contributed by atoms with Gasteiger partial charge in [0.15, 0.2) is 0 Å². The van der Waals surface area contributed by atoms with Crippen LogP contribution in [0, 0.1) is 0 Å². The third-order valence-corrected chi connectivity index (χ3v) is 2.94. The molecule has 5 heteroatoms. The van der Waals surface area contributed by atoms with Crippen LogP contribution in [0.15, 0.2) is 51.6 Å². The van der Waals surface area contributed by atoms with Crippen LogP contribution < -0.4 is 4.74 Å². The summed E-state index contributed by atoms with van der Waals surface area (Å²) in [6.45, 7) is 0.0322. The zero-order valence-corrected chi connectivity index (χ0v) is 11.0. The highest BCUT2D eigenvalue weighted by Crippen LogP contribution is 2.21. The van der Waals surface area contributed by atoms with Crippen molar-refractivity contribution < 1.29 is 19.1 Å². The van der Waals surface area contributed by atoms with E-state index in [0.717, 1.165) is 4.47 Å². The fraction of sp³-hybridized carbons (Fsp3) is 0.154. The highest BCUT2D eigenvalue weighted by Gasteiger charge is 2.23. The highest BCUT2D eigenvalue weighted by atomic mass is 79.9. The minimum absolute atomic E-state index is 0.0322. The summed E-state index contributed by atoms with van der Waals surface area (Å²) in [5, 5.41) is 9.12. The molecule has 0 bridgehead atoms.